The largest absolute Gasteiger partial charge is 0.469 e. The summed E-state index contributed by atoms with van der Waals surface area (Å²) in [4.78, 5) is 24.6. The molecule has 0 fully saturated rings. The summed E-state index contributed by atoms with van der Waals surface area (Å²) in [7, 11) is 1.27. The number of esters is 1. The van der Waals surface area contributed by atoms with Crippen molar-refractivity contribution in [1.82, 2.24) is 4.98 Å². The first-order chi connectivity index (χ1) is 7.04. The summed E-state index contributed by atoms with van der Waals surface area (Å²) in [6, 6.07) is 1.43. The van der Waals surface area contributed by atoms with Gasteiger partial charge in [-0.3, -0.25) is 19.9 Å². The van der Waals surface area contributed by atoms with E-state index in [1.165, 1.54) is 13.2 Å². The third-order valence-electron chi connectivity index (χ3n) is 1.64. The van der Waals surface area contributed by atoms with Gasteiger partial charge in [-0.15, -0.1) is 0 Å². The Morgan fingerprint density at radius 3 is 2.87 bits per heavy atom. The van der Waals surface area contributed by atoms with Crippen LogP contribution in [0.4, 0.5) is 5.69 Å². The van der Waals surface area contributed by atoms with Gasteiger partial charge in [0, 0.05) is 0 Å². The van der Waals surface area contributed by atoms with Gasteiger partial charge in [0.2, 0.25) is 0 Å². The second-order valence-electron chi connectivity index (χ2n) is 2.64. The van der Waals surface area contributed by atoms with Gasteiger partial charge in [0.15, 0.2) is 0 Å². The van der Waals surface area contributed by atoms with E-state index in [1.807, 2.05) is 0 Å². The standard InChI is InChI=1S/C8H7BrN2O4/c1-15-8(12)3-5-2-6(9)7(4-10-5)11(13)14/h2,4H,3H2,1H3. The average molecular weight is 275 g/mol. The molecule has 0 N–H and O–H groups in total. The summed E-state index contributed by atoms with van der Waals surface area (Å²) >= 11 is 3.03. The zero-order valence-electron chi connectivity index (χ0n) is 7.77. The molecule has 1 heterocycles. The molecule has 0 radical (unpaired) electrons. The minimum Gasteiger partial charge on any atom is -0.469 e. The number of nitro groups is 1. The third kappa shape index (κ3) is 2.98. The van der Waals surface area contributed by atoms with Crippen LogP contribution >= 0.6 is 15.9 Å². The summed E-state index contributed by atoms with van der Waals surface area (Å²) < 4.78 is 4.74. The van der Waals surface area contributed by atoms with E-state index in [1.54, 1.807) is 0 Å². The minimum atomic E-state index is -0.557. The Morgan fingerprint density at radius 1 is 1.73 bits per heavy atom. The van der Waals surface area contributed by atoms with Gasteiger partial charge < -0.3 is 4.74 Å². The molecule has 0 aliphatic rings. The number of carbonyl (C=O) groups excluding carboxylic acids is 1. The SMILES string of the molecule is COC(=O)Cc1cc(Br)c([N+](=O)[O-])cn1. The van der Waals surface area contributed by atoms with Crippen molar-refractivity contribution in [3.63, 3.8) is 0 Å². The first-order valence-corrected chi connectivity index (χ1v) is 4.69. The van der Waals surface area contributed by atoms with Gasteiger partial charge in [0.25, 0.3) is 0 Å². The maximum absolute atomic E-state index is 10.9. The van der Waals surface area contributed by atoms with Crippen LogP contribution in [0, 0.1) is 10.1 Å². The minimum absolute atomic E-state index is 0.00685. The Balaban J connectivity index is 2.91. The van der Waals surface area contributed by atoms with E-state index in [4.69, 9.17) is 0 Å². The Hall–Kier alpha value is -1.50. The van der Waals surface area contributed by atoms with Crippen LogP contribution in [0.15, 0.2) is 16.7 Å². The fourth-order valence-corrected chi connectivity index (χ4v) is 1.43. The summed E-state index contributed by atoms with van der Waals surface area (Å²) in [5, 5.41) is 10.5. The predicted molar refractivity (Wildman–Crippen MR) is 54.3 cm³/mol. The number of hydrogen-bond acceptors (Lipinski definition) is 5. The molecule has 0 aliphatic carbocycles. The molecule has 6 nitrogen and oxygen atoms in total. The van der Waals surface area contributed by atoms with Crippen LogP contribution in [0.25, 0.3) is 0 Å². The fraction of sp³-hybridized carbons (Fsp3) is 0.250. The van der Waals surface area contributed by atoms with Crippen molar-refractivity contribution in [3.05, 3.63) is 32.5 Å². The van der Waals surface area contributed by atoms with Crippen LogP contribution in [0.2, 0.25) is 0 Å². The lowest BCUT2D eigenvalue weighted by molar-refractivity contribution is -0.386. The Morgan fingerprint density at radius 2 is 2.40 bits per heavy atom. The molecule has 1 rings (SSSR count). The van der Waals surface area contributed by atoms with E-state index in [-0.39, 0.29) is 12.1 Å². The molecular weight excluding hydrogens is 268 g/mol. The molecule has 0 spiro atoms. The van der Waals surface area contributed by atoms with E-state index in [9.17, 15) is 14.9 Å². The zero-order chi connectivity index (χ0) is 11.4. The predicted octanol–water partition coefficient (Wildman–Crippen LogP) is 1.47. The highest BCUT2D eigenvalue weighted by atomic mass is 79.9. The number of pyridine rings is 1. The quantitative estimate of drug-likeness (QED) is 0.474. The second kappa shape index (κ2) is 4.83. The number of halogens is 1. The lowest BCUT2D eigenvalue weighted by Gasteiger charge is -2.00. The highest BCUT2D eigenvalue weighted by molar-refractivity contribution is 9.10. The molecule has 1 aromatic heterocycles. The van der Waals surface area contributed by atoms with Gasteiger partial charge in [-0.05, 0) is 22.0 Å². The van der Waals surface area contributed by atoms with Crippen molar-refractivity contribution in [1.29, 1.82) is 0 Å². The second-order valence-corrected chi connectivity index (χ2v) is 3.49. The van der Waals surface area contributed by atoms with Crippen LogP contribution in [-0.4, -0.2) is 23.0 Å². The maximum atomic E-state index is 10.9. The molecule has 0 bridgehead atoms. The molecule has 0 atom stereocenters. The summed E-state index contributed by atoms with van der Waals surface area (Å²) in [6.07, 6.45) is 1.09. The number of methoxy groups -OCH3 is 1. The van der Waals surface area contributed by atoms with Crippen molar-refractivity contribution in [2.24, 2.45) is 0 Å². The van der Waals surface area contributed by atoms with E-state index in [0.717, 1.165) is 6.20 Å². The van der Waals surface area contributed by atoms with Crippen LogP contribution in [0.5, 0.6) is 0 Å². The number of carbonyl (C=O) groups is 1. The molecule has 0 saturated heterocycles. The molecule has 15 heavy (non-hydrogen) atoms. The van der Waals surface area contributed by atoms with E-state index in [0.29, 0.717) is 10.2 Å². The average Bonchev–Trinajstić information content (AvgIpc) is 2.17. The Bertz CT molecular complexity index is 408. The van der Waals surface area contributed by atoms with Crippen molar-refractivity contribution in [2.45, 2.75) is 6.42 Å². The third-order valence-corrected chi connectivity index (χ3v) is 2.28. The van der Waals surface area contributed by atoms with Gasteiger partial charge in [-0.1, -0.05) is 0 Å². The summed E-state index contributed by atoms with van der Waals surface area (Å²) in [5.41, 5.74) is 0.281. The molecule has 1 aromatic rings. The molecule has 0 saturated carbocycles. The fourth-order valence-electron chi connectivity index (χ4n) is 0.914. The zero-order valence-corrected chi connectivity index (χ0v) is 9.35. The molecule has 0 amide bonds. The monoisotopic (exact) mass is 274 g/mol. The van der Waals surface area contributed by atoms with Gasteiger partial charge in [-0.25, -0.2) is 0 Å². The van der Waals surface area contributed by atoms with Gasteiger partial charge >= 0.3 is 11.7 Å². The smallest absolute Gasteiger partial charge is 0.311 e. The number of rotatable bonds is 3. The summed E-state index contributed by atoms with van der Waals surface area (Å²) in [5.74, 6) is -0.441. The first kappa shape index (κ1) is 11.6. The number of aromatic nitrogens is 1. The van der Waals surface area contributed by atoms with E-state index < -0.39 is 10.9 Å². The lowest BCUT2D eigenvalue weighted by atomic mass is 10.2. The topological polar surface area (TPSA) is 82.3 Å². The van der Waals surface area contributed by atoms with Gasteiger partial charge in [0.05, 0.1) is 28.6 Å². The van der Waals surface area contributed by atoms with Crippen molar-refractivity contribution < 1.29 is 14.5 Å². The van der Waals surface area contributed by atoms with E-state index in [2.05, 4.69) is 25.7 Å². The molecule has 0 aliphatic heterocycles. The van der Waals surface area contributed by atoms with Gasteiger partial charge in [-0.2, -0.15) is 0 Å². The van der Waals surface area contributed by atoms with Crippen molar-refractivity contribution >= 4 is 27.6 Å². The van der Waals surface area contributed by atoms with Crippen LogP contribution in [-0.2, 0) is 16.0 Å². The summed E-state index contributed by atoms with van der Waals surface area (Å²) in [6.45, 7) is 0. The molecule has 0 unspecified atom stereocenters. The first-order valence-electron chi connectivity index (χ1n) is 3.90. The number of nitrogens with zero attached hydrogens (tertiary/aromatic N) is 2. The molecule has 7 heteroatoms. The van der Waals surface area contributed by atoms with Crippen molar-refractivity contribution in [2.75, 3.05) is 7.11 Å². The highest BCUT2D eigenvalue weighted by Crippen LogP contribution is 2.23. The van der Waals surface area contributed by atoms with Gasteiger partial charge in [0.1, 0.15) is 6.20 Å². The lowest BCUT2D eigenvalue weighted by Crippen LogP contribution is -2.06. The van der Waals surface area contributed by atoms with Crippen LogP contribution in [0.3, 0.4) is 0 Å². The normalized spacial score (nSPS) is 9.73. The van der Waals surface area contributed by atoms with Crippen LogP contribution in [0.1, 0.15) is 5.69 Å². The van der Waals surface area contributed by atoms with Crippen molar-refractivity contribution in [3.8, 4) is 0 Å². The molecule has 80 valence electrons. The Labute approximate surface area is 93.5 Å². The highest BCUT2D eigenvalue weighted by Gasteiger charge is 2.14. The molecule has 0 aromatic carbocycles. The molecular formula is C8H7BrN2O4. The number of ether oxygens (including phenoxy) is 1. The van der Waals surface area contributed by atoms with E-state index >= 15 is 0 Å². The Kier molecular flexibility index (Phi) is 3.73. The number of hydrogen-bond donors (Lipinski definition) is 0. The van der Waals surface area contributed by atoms with Crippen LogP contribution < -0.4 is 0 Å². The maximum Gasteiger partial charge on any atom is 0.311 e.